The van der Waals surface area contributed by atoms with Gasteiger partial charge in [-0.2, -0.15) is 0 Å². The third kappa shape index (κ3) is 2.50. The third-order valence-electron chi connectivity index (χ3n) is 4.53. The zero-order valence-corrected chi connectivity index (χ0v) is 12.2. The molecule has 3 heterocycles. The predicted molar refractivity (Wildman–Crippen MR) is 72.6 cm³/mol. The summed E-state index contributed by atoms with van der Waals surface area (Å²) in [6, 6.07) is 0. The summed E-state index contributed by atoms with van der Waals surface area (Å²) in [5, 5.41) is 8.26. The number of nitrogens with zero attached hydrogens (tertiary/aromatic N) is 4. The van der Waals surface area contributed by atoms with E-state index >= 15 is 0 Å². The van der Waals surface area contributed by atoms with Crippen LogP contribution in [0.4, 0.5) is 4.79 Å². The van der Waals surface area contributed by atoms with Gasteiger partial charge in [-0.05, 0) is 32.2 Å². The van der Waals surface area contributed by atoms with Crippen LogP contribution in [0.25, 0.3) is 0 Å². The molecule has 1 spiro atoms. The predicted octanol–water partition coefficient (Wildman–Crippen LogP) is 1.36. The Hall–Kier alpha value is -1.63. The van der Waals surface area contributed by atoms with Crippen LogP contribution < -0.4 is 0 Å². The van der Waals surface area contributed by atoms with Crippen molar-refractivity contribution >= 4 is 6.09 Å². The van der Waals surface area contributed by atoms with Gasteiger partial charge in [0.25, 0.3) is 0 Å². The number of aromatic nitrogens is 2. The van der Waals surface area contributed by atoms with Crippen molar-refractivity contribution in [3.8, 4) is 0 Å². The molecule has 21 heavy (non-hydrogen) atoms. The molecule has 1 amide bonds. The van der Waals surface area contributed by atoms with Crippen molar-refractivity contribution in [2.45, 2.75) is 43.7 Å². The number of amides is 1. The van der Waals surface area contributed by atoms with Crippen LogP contribution in [-0.2, 0) is 11.3 Å². The molecule has 7 heteroatoms. The number of likely N-dealkylation sites (N-methyl/N-ethyl adjacent to an activating group) is 1. The Labute approximate surface area is 123 Å². The van der Waals surface area contributed by atoms with Gasteiger partial charge in [0, 0.05) is 19.5 Å². The Morgan fingerprint density at radius 1 is 1.33 bits per heavy atom. The lowest BCUT2D eigenvalue weighted by atomic mass is 9.93. The number of carbonyl (C=O) groups is 1. The molecule has 0 unspecified atom stereocenters. The summed E-state index contributed by atoms with van der Waals surface area (Å²) < 4.78 is 11.3. The minimum Gasteiger partial charge on any atom is -0.440 e. The lowest BCUT2D eigenvalue weighted by molar-refractivity contribution is -0.0135. The lowest BCUT2D eigenvalue weighted by Gasteiger charge is -2.37. The van der Waals surface area contributed by atoms with Gasteiger partial charge in [0.1, 0.15) is 5.60 Å². The highest BCUT2D eigenvalue weighted by molar-refractivity contribution is 5.70. The Kier molecular flexibility index (Phi) is 2.92. The number of hydrogen-bond acceptors (Lipinski definition) is 6. The van der Waals surface area contributed by atoms with E-state index in [1.165, 1.54) is 0 Å². The second kappa shape index (κ2) is 4.69. The molecule has 2 saturated heterocycles. The Bertz CT molecular complexity index is 556. The summed E-state index contributed by atoms with van der Waals surface area (Å²) in [4.78, 5) is 15.5. The maximum atomic E-state index is 11.6. The van der Waals surface area contributed by atoms with Crippen molar-refractivity contribution in [3.05, 3.63) is 11.8 Å². The molecule has 0 N–H and O–H groups in total. The molecule has 1 aromatic rings. The van der Waals surface area contributed by atoms with E-state index in [4.69, 9.17) is 9.15 Å². The minimum absolute atomic E-state index is 0.217. The van der Waals surface area contributed by atoms with Crippen molar-refractivity contribution in [3.63, 3.8) is 0 Å². The quantitative estimate of drug-likeness (QED) is 0.837. The molecule has 1 atom stereocenters. The summed E-state index contributed by atoms with van der Waals surface area (Å²) in [7, 11) is 1.79. The number of carbonyl (C=O) groups excluding carboxylic acids is 1. The molecule has 7 nitrogen and oxygen atoms in total. The Balaban J connectivity index is 1.42. The molecular weight excluding hydrogens is 272 g/mol. The largest absolute Gasteiger partial charge is 0.440 e. The summed E-state index contributed by atoms with van der Waals surface area (Å²) >= 11 is 0. The first-order valence-electron chi connectivity index (χ1n) is 7.62. The number of rotatable bonds is 3. The van der Waals surface area contributed by atoms with E-state index < -0.39 is 0 Å². The highest BCUT2D eigenvalue weighted by Gasteiger charge is 2.46. The van der Waals surface area contributed by atoms with Crippen LogP contribution in [0.3, 0.4) is 0 Å². The SMILES string of the molecule is CN1C[C@]2(CCCN(Cc3nnc(C4CC4)o3)C2)OC1=O. The van der Waals surface area contributed by atoms with Gasteiger partial charge in [0.15, 0.2) is 0 Å². The number of piperidine rings is 1. The molecule has 0 radical (unpaired) electrons. The molecule has 114 valence electrons. The first-order chi connectivity index (χ1) is 10.1. The van der Waals surface area contributed by atoms with Gasteiger partial charge in [0.05, 0.1) is 13.1 Å². The molecule has 3 fully saturated rings. The molecule has 1 aromatic heterocycles. The zero-order chi connectivity index (χ0) is 14.4. The van der Waals surface area contributed by atoms with E-state index in [0.29, 0.717) is 24.9 Å². The van der Waals surface area contributed by atoms with Crippen LogP contribution in [-0.4, -0.2) is 58.4 Å². The number of likely N-dealkylation sites (tertiary alicyclic amines) is 1. The summed E-state index contributed by atoms with van der Waals surface area (Å²) in [5.41, 5.74) is -0.358. The molecular formula is C14H20N4O3. The molecule has 0 aromatic carbocycles. The van der Waals surface area contributed by atoms with Crippen LogP contribution in [0.15, 0.2) is 4.42 Å². The Morgan fingerprint density at radius 2 is 2.19 bits per heavy atom. The second-order valence-corrected chi connectivity index (χ2v) is 6.53. The van der Waals surface area contributed by atoms with E-state index in [2.05, 4.69) is 15.1 Å². The fourth-order valence-electron chi connectivity index (χ4n) is 3.35. The monoisotopic (exact) mass is 292 g/mol. The summed E-state index contributed by atoms with van der Waals surface area (Å²) in [5.74, 6) is 1.94. The van der Waals surface area contributed by atoms with Gasteiger partial charge in [-0.25, -0.2) is 4.79 Å². The fourth-order valence-corrected chi connectivity index (χ4v) is 3.35. The molecule has 1 aliphatic carbocycles. The van der Waals surface area contributed by atoms with Crippen LogP contribution in [0.2, 0.25) is 0 Å². The summed E-state index contributed by atoms with van der Waals surface area (Å²) in [6.45, 7) is 3.02. The van der Waals surface area contributed by atoms with Gasteiger partial charge in [0.2, 0.25) is 11.8 Å². The first-order valence-corrected chi connectivity index (χ1v) is 7.62. The second-order valence-electron chi connectivity index (χ2n) is 6.53. The van der Waals surface area contributed by atoms with Crippen LogP contribution in [0, 0.1) is 0 Å². The number of hydrogen-bond donors (Lipinski definition) is 0. The molecule has 0 bridgehead atoms. The van der Waals surface area contributed by atoms with Crippen molar-refractivity contribution in [2.75, 3.05) is 26.7 Å². The van der Waals surface area contributed by atoms with Gasteiger partial charge in [-0.1, -0.05) is 0 Å². The first kappa shape index (κ1) is 13.1. The van der Waals surface area contributed by atoms with Crippen LogP contribution in [0.5, 0.6) is 0 Å². The highest BCUT2D eigenvalue weighted by Crippen LogP contribution is 2.39. The minimum atomic E-state index is -0.358. The fraction of sp³-hybridized carbons (Fsp3) is 0.786. The van der Waals surface area contributed by atoms with E-state index in [1.807, 2.05) is 0 Å². The average molecular weight is 292 g/mol. The lowest BCUT2D eigenvalue weighted by Crippen LogP contribution is -2.50. The highest BCUT2D eigenvalue weighted by atomic mass is 16.6. The maximum absolute atomic E-state index is 11.6. The normalized spacial score (nSPS) is 30.1. The molecule has 3 aliphatic rings. The van der Waals surface area contributed by atoms with Crippen molar-refractivity contribution in [1.29, 1.82) is 0 Å². The molecule has 4 rings (SSSR count). The number of ether oxygens (including phenoxy) is 1. The standard InChI is InChI=1S/C14H20N4O3/c1-17-8-14(21-13(17)19)5-2-6-18(9-14)7-11-15-16-12(20-11)10-3-4-10/h10H,2-9H2,1H3/t14-/m0/s1. The summed E-state index contributed by atoms with van der Waals surface area (Å²) in [6.07, 6.45) is 4.06. The van der Waals surface area contributed by atoms with Crippen LogP contribution >= 0.6 is 0 Å². The smallest absolute Gasteiger partial charge is 0.410 e. The maximum Gasteiger partial charge on any atom is 0.410 e. The molecule has 2 aliphatic heterocycles. The van der Waals surface area contributed by atoms with E-state index in [1.54, 1.807) is 11.9 Å². The van der Waals surface area contributed by atoms with E-state index in [9.17, 15) is 4.79 Å². The van der Waals surface area contributed by atoms with E-state index in [0.717, 1.165) is 44.7 Å². The van der Waals surface area contributed by atoms with Crippen molar-refractivity contribution in [1.82, 2.24) is 20.0 Å². The van der Waals surface area contributed by atoms with Crippen molar-refractivity contribution < 1.29 is 13.9 Å². The van der Waals surface area contributed by atoms with Gasteiger partial charge >= 0.3 is 6.09 Å². The zero-order valence-electron chi connectivity index (χ0n) is 12.2. The van der Waals surface area contributed by atoms with Gasteiger partial charge < -0.3 is 14.1 Å². The average Bonchev–Trinajstić information content (AvgIpc) is 3.13. The van der Waals surface area contributed by atoms with Crippen LogP contribution in [0.1, 0.15) is 43.4 Å². The van der Waals surface area contributed by atoms with Crippen molar-refractivity contribution in [2.24, 2.45) is 0 Å². The third-order valence-corrected chi connectivity index (χ3v) is 4.53. The van der Waals surface area contributed by atoms with E-state index in [-0.39, 0.29) is 11.7 Å². The van der Waals surface area contributed by atoms with Gasteiger partial charge in [-0.3, -0.25) is 4.90 Å². The Morgan fingerprint density at radius 3 is 2.90 bits per heavy atom. The molecule has 1 saturated carbocycles. The topological polar surface area (TPSA) is 71.7 Å². The van der Waals surface area contributed by atoms with Gasteiger partial charge in [-0.15, -0.1) is 10.2 Å².